The molecule has 0 spiro atoms. The van der Waals surface area contributed by atoms with E-state index in [1.807, 2.05) is 18.3 Å². The molecule has 0 aliphatic carbocycles. The fraction of sp³-hybridized carbons (Fsp3) is 0.333. The van der Waals surface area contributed by atoms with Crippen molar-refractivity contribution >= 4 is 22.8 Å². The van der Waals surface area contributed by atoms with E-state index in [1.165, 1.54) is 0 Å². The van der Waals surface area contributed by atoms with Crippen molar-refractivity contribution in [2.45, 2.75) is 18.9 Å². The van der Waals surface area contributed by atoms with Crippen LogP contribution in [0.25, 0.3) is 11.0 Å². The molecule has 4 heterocycles. The van der Waals surface area contributed by atoms with Crippen molar-refractivity contribution in [3.05, 3.63) is 37.1 Å². The average Bonchev–Trinajstić information content (AvgIpc) is 3.04. The summed E-state index contributed by atoms with van der Waals surface area (Å²) in [5.74, 6) is 1.68. The van der Waals surface area contributed by atoms with E-state index in [0.717, 1.165) is 42.8 Å². The average molecular weight is 295 g/mol. The predicted octanol–water partition coefficient (Wildman–Crippen LogP) is 1.83. The number of fused-ring (bicyclic) bond motifs is 1. The third-order valence-corrected chi connectivity index (χ3v) is 3.95. The van der Waals surface area contributed by atoms with Crippen LogP contribution in [0.5, 0.6) is 0 Å². The van der Waals surface area contributed by atoms with E-state index >= 15 is 0 Å². The number of anilines is 2. The number of piperidine rings is 1. The summed E-state index contributed by atoms with van der Waals surface area (Å²) >= 11 is 0. The molecule has 3 aromatic heterocycles. The molecule has 0 bridgehead atoms. The van der Waals surface area contributed by atoms with Gasteiger partial charge in [0.1, 0.15) is 17.8 Å². The summed E-state index contributed by atoms with van der Waals surface area (Å²) in [6, 6.07) is 4.17. The SMILES string of the molecule is c1cnc(NC2CCCN(c3ncnc4[nH]ccc34)C2)nc1. The van der Waals surface area contributed by atoms with E-state index in [4.69, 9.17) is 0 Å². The van der Waals surface area contributed by atoms with Crippen molar-refractivity contribution in [3.8, 4) is 0 Å². The molecule has 0 saturated carbocycles. The molecule has 1 saturated heterocycles. The maximum atomic E-state index is 4.48. The van der Waals surface area contributed by atoms with Gasteiger partial charge in [-0.25, -0.2) is 19.9 Å². The number of hydrogen-bond acceptors (Lipinski definition) is 6. The van der Waals surface area contributed by atoms with E-state index in [0.29, 0.717) is 12.0 Å². The van der Waals surface area contributed by atoms with Crippen LogP contribution in [-0.2, 0) is 0 Å². The Balaban J connectivity index is 1.55. The van der Waals surface area contributed by atoms with Crippen LogP contribution in [0.3, 0.4) is 0 Å². The molecule has 112 valence electrons. The Kier molecular flexibility index (Phi) is 3.30. The lowest BCUT2D eigenvalue weighted by molar-refractivity contribution is 0.525. The zero-order valence-corrected chi connectivity index (χ0v) is 12.1. The summed E-state index contributed by atoms with van der Waals surface area (Å²) in [7, 11) is 0. The molecular weight excluding hydrogens is 278 g/mol. The van der Waals surface area contributed by atoms with Crippen LogP contribution < -0.4 is 10.2 Å². The Morgan fingerprint density at radius 1 is 1.18 bits per heavy atom. The summed E-state index contributed by atoms with van der Waals surface area (Å²) in [4.78, 5) is 22.7. The monoisotopic (exact) mass is 295 g/mol. The maximum Gasteiger partial charge on any atom is 0.222 e. The topological polar surface area (TPSA) is 82.6 Å². The normalized spacial score (nSPS) is 18.5. The molecule has 22 heavy (non-hydrogen) atoms. The molecule has 1 aliphatic heterocycles. The van der Waals surface area contributed by atoms with Crippen LogP contribution >= 0.6 is 0 Å². The minimum atomic E-state index is 0.320. The number of nitrogens with one attached hydrogen (secondary N) is 2. The number of aromatic nitrogens is 5. The summed E-state index contributed by atoms with van der Waals surface area (Å²) in [6.07, 6.45) is 9.25. The van der Waals surface area contributed by atoms with Crippen LogP contribution in [0.2, 0.25) is 0 Å². The van der Waals surface area contributed by atoms with E-state index in [-0.39, 0.29) is 0 Å². The molecule has 0 aromatic carbocycles. The molecule has 0 amide bonds. The largest absolute Gasteiger partial charge is 0.354 e. The van der Waals surface area contributed by atoms with Gasteiger partial charge >= 0.3 is 0 Å². The van der Waals surface area contributed by atoms with Gasteiger partial charge in [-0.1, -0.05) is 0 Å². The van der Waals surface area contributed by atoms with Crippen LogP contribution in [0.15, 0.2) is 37.1 Å². The van der Waals surface area contributed by atoms with E-state index < -0.39 is 0 Å². The Morgan fingerprint density at radius 2 is 2.09 bits per heavy atom. The van der Waals surface area contributed by atoms with E-state index in [1.54, 1.807) is 18.7 Å². The molecule has 1 unspecified atom stereocenters. The molecule has 1 fully saturated rings. The van der Waals surface area contributed by atoms with Crippen LogP contribution in [0.4, 0.5) is 11.8 Å². The molecular formula is C15H17N7. The van der Waals surface area contributed by atoms with Gasteiger partial charge in [0.25, 0.3) is 0 Å². The summed E-state index contributed by atoms with van der Waals surface area (Å²) in [5.41, 5.74) is 0.881. The first-order valence-corrected chi connectivity index (χ1v) is 7.47. The lowest BCUT2D eigenvalue weighted by atomic mass is 10.1. The maximum absolute atomic E-state index is 4.48. The highest BCUT2D eigenvalue weighted by Crippen LogP contribution is 2.25. The predicted molar refractivity (Wildman–Crippen MR) is 84.8 cm³/mol. The standard InChI is InChI=1S/C15H17N7/c1-3-11(21-15-17-5-2-6-18-15)9-22(8-1)14-12-4-7-16-13(12)19-10-20-14/h2,4-7,10-11H,1,3,8-9H2,(H,16,19,20)(H,17,18,21). The summed E-state index contributed by atoms with van der Waals surface area (Å²) in [6.45, 7) is 1.89. The van der Waals surface area contributed by atoms with Crippen LogP contribution in [0.1, 0.15) is 12.8 Å². The van der Waals surface area contributed by atoms with Crippen molar-refractivity contribution in [3.63, 3.8) is 0 Å². The fourth-order valence-corrected chi connectivity index (χ4v) is 2.95. The smallest absolute Gasteiger partial charge is 0.222 e. The van der Waals surface area contributed by atoms with Crippen molar-refractivity contribution < 1.29 is 0 Å². The van der Waals surface area contributed by atoms with Crippen LogP contribution in [-0.4, -0.2) is 44.1 Å². The van der Waals surface area contributed by atoms with Crippen molar-refractivity contribution in [1.82, 2.24) is 24.9 Å². The fourth-order valence-electron chi connectivity index (χ4n) is 2.95. The highest BCUT2D eigenvalue weighted by Gasteiger charge is 2.23. The van der Waals surface area contributed by atoms with Gasteiger partial charge < -0.3 is 15.2 Å². The van der Waals surface area contributed by atoms with E-state index in [9.17, 15) is 0 Å². The van der Waals surface area contributed by atoms with E-state index in [2.05, 4.69) is 35.1 Å². The van der Waals surface area contributed by atoms with Crippen molar-refractivity contribution in [2.75, 3.05) is 23.3 Å². The molecule has 1 aliphatic rings. The first-order valence-electron chi connectivity index (χ1n) is 7.47. The van der Waals surface area contributed by atoms with Gasteiger partial charge in [-0.3, -0.25) is 0 Å². The zero-order chi connectivity index (χ0) is 14.8. The minimum Gasteiger partial charge on any atom is -0.354 e. The number of aromatic amines is 1. The zero-order valence-electron chi connectivity index (χ0n) is 12.1. The molecule has 3 aromatic rings. The third-order valence-electron chi connectivity index (χ3n) is 3.95. The second kappa shape index (κ2) is 5.59. The Hall–Kier alpha value is -2.70. The highest BCUT2D eigenvalue weighted by atomic mass is 15.2. The van der Waals surface area contributed by atoms with Gasteiger partial charge in [0.2, 0.25) is 5.95 Å². The van der Waals surface area contributed by atoms with Crippen LogP contribution in [0, 0.1) is 0 Å². The molecule has 1 atom stereocenters. The van der Waals surface area contributed by atoms with Gasteiger partial charge in [0.15, 0.2) is 0 Å². The summed E-state index contributed by atoms with van der Waals surface area (Å²) < 4.78 is 0. The van der Waals surface area contributed by atoms with Gasteiger partial charge in [0.05, 0.1) is 5.39 Å². The first kappa shape index (κ1) is 13.0. The second-order valence-corrected chi connectivity index (χ2v) is 5.44. The molecule has 2 N–H and O–H groups in total. The number of hydrogen-bond donors (Lipinski definition) is 2. The lowest BCUT2D eigenvalue weighted by Crippen LogP contribution is -2.42. The van der Waals surface area contributed by atoms with Crippen molar-refractivity contribution in [1.29, 1.82) is 0 Å². The Labute approximate surface area is 127 Å². The lowest BCUT2D eigenvalue weighted by Gasteiger charge is -2.34. The second-order valence-electron chi connectivity index (χ2n) is 5.44. The summed E-state index contributed by atoms with van der Waals surface area (Å²) in [5, 5.41) is 4.48. The Bertz CT molecular complexity index is 755. The minimum absolute atomic E-state index is 0.320. The number of nitrogens with zero attached hydrogens (tertiary/aromatic N) is 5. The highest BCUT2D eigenvalue weighted by molar-refractivity contribution is 5.87. The molecule has 0 radical (unpaired) electrons. The van der Waals surface area contributed by atoms with Gasteiger partial charge in [0, 0.05) is 37.7 Å². The number of H-pyrrole nitrogens is 1. The Morgan fingerprint density at radius 3 is 3.00 bits per heavy atom. The van der Waals surface area contributed by atoms with Gasteiger partial charge in [-0.15, -0.1) is 0 Å². The first-order chi connectivity index (χ1) is 10.9. The molecule has 7 heteroatoms. The number of rotatable bonds is 3. The van der Waals surface area contributed by atoms with Crippen molar-refractivity contribution in [2.24, 2.45) is 0 Å². The van der Waals surface area contributed by atoms with Gasteiger partial charge in [-0.2, -0.15) is 0 Å². The third kappa shape index (κ3) is 2.45. The van der Waals surface area contributed by atoms with Gasteiger partial charge in [-0.05, 0) is 25.0 Å². The quantitative estimate of drug-likeness (QED) is 0.767. The molecule has 7 nitrogen and oxygen atoms in total. The molecule has 4 rings (SSSR count).